The van der Waals surface area contributed by atoms with Gasteiger partial charge in [0.1, 0.15) is 0 Å². The Morgan fingerprint density at radius 1 is 0.759 bits per heavy atom. The van der Waals surface area contributed by atoms with Gasteiger partial charge in [0.05, 0.1) is 0 Å². The van der Waals surface area contributed by atoms with E-state index in [9.17, 15) is 9.59 Å². The lowest BCUT2D eigenvalue weighted by atomic mass is 10.0. The Labute approximate surface area is 168 Å². The van der Waals surface area contributed by atoms with Crippen LogP contribution in [0.1, 0.15) is 5.56 Å². The van der Waals surface area contributed by atoms with E-state index >= 15 is 0 Å². The Balaban J connectivity index is 1.38. The molecule has 0 radical (unpaired) electrons. The maximum Gasteiger partial charge on any atom is 0.331 e. The van der Waals surface area contributed by atoms with Gasteiger partial charge in [-0.15, -0.1) is 0 Å². The number of carbonyl (C=O) groups excluding carboxylic acids is 2. The van der Waals surface area contributed by atoms with Gasteiger partial charge in [0.2, 0.25) is 0 Å². The standard InChI is InChI=1S/C25H19NO3/c27-24(26-23-14-6-11-19-8-2-4-13-22(19)23)17-29-25(28)16-15-20-10-5-9-18-7-1-3-12-21(18)20/h1-16H,17H2,(H,26,27)/b16-15+. The molecule has 0 bridgehead atoms. The molecule has 4 nitrogen and oxygen atoms in total. The molecule has 4 heteroatoms. The fraction of sp³-hybridized carbons (Fsp3) is 0.0400. The number of anilines is 1. The zero-order chi connectivity index (χ0) is 20.1. The van der Waals surface area contributed by atoms with E-state index in [4.69, 9.17) is 4.74 Å². The van der Waals surface area contributed by atoms with Crippen LogP contribution in [0.25, 0.3) is 27.6 Å². The Morgan fingerprint density at radius 3 is 2.17 bits per heavy atom. The minimum atomic E-state index is -0.564. The number of hydrogen-bond donors (Lipinski definition) is 1. The van der Waals surface area contributed by atoms with E-state index in [2.05, 4.69) is 5.32 Å². The normalized spacial score (nSPS) is 11.0. The van der Waals surface area contributed by atoms with Crippen molar-refractivity contribution >= 4 is 45.2 Å². The number of ether oxygens (including phenoxy) is 1. The zero-order valence-corrected chi connectivity index (χ0v) is 15.7. The number of esters is 1. The minimum Gasteiger partial charge on any atom is -0.452 e. The molecule has 0 aliphatic heterocycles. The number of carbonyl (C=O) groups is 2. The maximum atomic E-state index is 12.2. The third-order valence-electron chi connectivity index (χ3n) is 4.63. The molecule has 0 saturated carbocycles. The molecule has 0 saturated heterocycles. The van der Waals surface area contributed by atoms with Crippen LogP contribution in [0, 0.1) is 0 Å². The van der Waals surface area contributed by atoms with Crippen molar-refractivity contribution in [2.24, 2.45) is 0 Å². The lowest BCUT2D eigenvalue weighted by molar-refractivity contribution is -0.142. The van der Waals surface area contributed by atoms with E-state index in [-0.39, 0.29) is 12.5 Å². The topological polar surface area (TPSA) is 55.4 Å². The Bertz CT molecular complexity index is 1220. The van der Waals surface area contributed by atoms with Crippen molar-refractivity contribution in [3.8, 4) is 0 Å². The highest BCUT2D eigenvalue weighted by Gasteiger charge is 2.08. The number of nitrogens with one attached hydrogen (secondary N) is 1. The van der Waals surface area contributed by atoms with Crippen LogP contribution in [0.3, 0.4) is 0 Å². The van der Waals surface area contributed by atoms with Gasteiger partial charge in [0.15, 0.2) is 6.61 Å². The largest absolute Gasteiger partial charge is 0.452 e. The average Bonchev–Trinajstić information content (AvgIpc) is 2.76. The molecule has 0 aliphatic rings. The highest BCUT2D eigenvalue weighted by molar-refractivity contribution is 6.03. The Hall–Kier alpha value is -3.92. The van der Waals surface area contributed by atoms with Gasteiger partial charge in [-0.2, -0.15) is 0 Å². The number of fused-ring (bicyclic) bond motifs is 2. The first-order chi connectivity index (χ1) is 14.2. The lowest BCUT2D eigenvalue weighted by Crippen LogP contribution is -2.20. The van der Waals surface area contributed by atoms with Crippen LogP contribution in [-0.4, -0.2) is 18.5 Å². The van der Waals surface area contributed by atoms with Crippen molar-refractivity contribution in [2.45, 2.75) is 0 Å². The van der Waals surface area contributed by atoms with E-state index in [1.54, 1.807) is 6.08 Å². The van der Waals surface area contributed by atoms with Gasteiger partial charge in [-0.05, 0) is 33.9 Å². The van der Waals surface area contributed by atoms with Crippen molar-refractivity contribution in [3.63, 3.8) is 0 Å². The molecular weight excluding hydrogens is 362 g/mol. The molecule has 4 rings (SSSR count). The lowest BCUT2D eigenvalue weighted by Gasteiger charge is -2.08. The number of benzene rings is 4. The number of amides is 1. The fourth-order valence-corrected chi connectivity index (χ4v) is 3.26. The van der Waals surface area contributed by atoms with Crippen LogP contribution in [0.2, 0.25) is 0 Å². The quantitative estimate of drug-likeness (QED) is 0.382. The van der Waals surface area contributed by atoms with Crippen molar-refractivity contribution < 1.29 is 14.3 Å². The molecule has 0 aromatic heterocycles. The van der Waals surface area contributed by atoms with Gasteiger partial charge >= 0.3 is 5.97 Å². The highest BCUT2D eigenvalue weighted by Crippen LogP contribution is 2.23. The predicted octanol–water partition coefficient (Wildman–Crippen LogP) is 5.19. The van der Waals surface area contributed by atoms with E-state index < -0.39 is 5.97 Å². The van der Waals surface area contributed by atoms with Crippen LogP contribution in [0.5, 0.6) is 0 Å². The van der Waals surface area contributed by atoms with E-state index in [0.717, 1.165) is 27.1 Å². The fourth-order valence-electron chi connectivity index (χ4n) is 3.26. The van der Waals surface area contributed by atoms with Gasteiger partial charge in [0, 0.05) is 17.1 Å². The van der Waals surface area contributed by atoms with Gasteiger partial charge in [-0.1, -0.05) is 78.9 Å². The average molecular weight is 381 g/mol. The monoisotopic (exact) mass is 381 g/mol. The summed E-state index contributed by atoms with van der Waals surface area (Å²) in [6.07, 6.45) is 3.04. The second kappa shape index (κ2) is 8.40. The van der Waals surface area contributed by atoms with Crippen LogP contribution < -0.4 is 5.32 Å². The second-order valence-electron chi connectivity index (χ2n) is 6.58. The smallest absolute Gasteiger partial charge is 0.331 e. The summed E-state index contributed by atoms with van der Waals surface area (Å²) in [5.41, 5.74) is 1.61. The predicted molar refractivity (Wildman–Crippen MR) is 117 cm³/mol. The maximum absolute atomic E-state index is 12.2. The Morgan fingerprint density at radius 2 is 1.38 bits per heavy atom. The molecule has 0 spiro atoms. The third-order valence-corrected chi connectivity index (χ3v) is 4.63. The first kappa shape index (κ1) is 18.4. The second-order valence-corrected chi connectivity index (χ2v) is 6.58. The molecule has 0 aliphatic carbocycles. The summed E-state index contributed by atoms with van der Waals surface area (Å²) in [7, 11) is 0. The minimum absolute atomic E-state index is 0.345. The molecule has 1 amide bonds. The molecule has 29 heavy (non-hydrogen) atoms. The summed E-state index contributed by atoms with van der Waals surface area (Å²) < 4.78 is 5.08. The molecule has 142 valence electrons. The SMILES string of the molecule is O=C(COC(=O)/C=C/c1cccc2ccccc12)Nc1cccc2ccccc12. The molecule has 0 fully saturated rings. The van der Waals surface area contributed by atoms with Crippen LogP contribution >= 0.6 is 0 Å². The van der Waals surface area contributed by atoms with Crippen LogP contribution in [0.15, 0.2) is 91.0 Å². The van der Waals surface area contributed by atoms with Gasteiger partial charge < -0.3 is 10.1 Å². The molecule has 0 heterocycles. The first-order valence-electron chi connectivity index (χ1n) is 9.31. The highest BCUT2D eigenvalue weighted by atomic mass is 16.5. The first-order valence-corrected chi connectivity index (χ1v) is 9.31. The summed E-state index contributed by atoms with van der Waals surface area (Å²) in [6, 6.07) is 27.3. The van der Waals surface area contributed by atoms with Gasteiger partial charge in [0.25, 0.3) is 5.91 Å². The van der Waals surface area contributed by atoms with Crippen molar-refractivity contribution in [3.05, 3.63) is 96.6 Å². The summed E-state index contributed by atoms with van der Waals surface area (Å²) in [6.45, 7) is -0.345. The Kier molecular flexibility index (Phi) is 5.34. The molecule has 4 aromatic rings. The summed E-state index contributed by atoms with van der Waals surface area (Å²) in [5.74, 6) is -0.945. The van der Waals surface area contributed by atoms with Gasteiger partial charge in [-0.25, -0.2) is 4.79 Å². The van der Waals surface area contributed by atoms with Crippen molar-refractivity contribution in [1.29, 1.82) is 0 Å². The van der Waals surface area contributed by atoms with E-state index in [1.807, 2.05) is 84.9 Å². The molecule has 1 N–H and O–H groups in total. The van der Waals surface area contributed by atoms with E-state index in [1.165, 1.54) is 6.08 Å². The van der Waals surface area contributed by atoms with Crippen molar-refractivity contribution in [2.75, 3.05) is 11.9 Å². The molecule has 4 aromatic carbocycles. The number of rotatable bonds is 5. The van der Waals surface area contributed by atoms with E-state index in [0.29, 0.717) is 5.69 Å². The molecule has 0 unspecified atom stereocenters. The molecular formula is C25H19NO3. The third kappa shape index (κ3) is 4.33. The molecule has 0 atom stereocenters. The van der Waals surface area contributed by atoms with Gasteiger partial charge in [-0.3, -0.25) is 4.79 Å². The summed E-state index contributed by atoms with van der Waals surface area (Å²) in [5, 5.41) is 6.91. The van der Waals surface area contributed by atoms with Crippen LogP contribution in [-0.2, 0) is 14.3 Å². The summed E-state index contributed by atoms with van der Waals surface area (Å²) >= 11 is 0. The van der Waals surface area contributed by atoms with Crippen molar-refractivity contribution in [1.82, 2.24) is 0 Å². The number of hydrogen-bond acceptors (Lipinski definition) is 3. The van der Waals surface area contributed by atoms with Crippen LogP contribution in [0.4, 0.5) is 5.69 Å². The zero-order valence-electron chi connectivity index (χ0n) is 15.7. The summed E-state index contributed by atoms with van der Waals surface area (Å²) in [4.78, 5) is 24.2.